The Labute approximate surface area is 92.8 Å². The molecule has 1 unspecified atom stereocenters. The van der Waals surface area contributed by atoms with E-state index in [1.165, 1.54) is 50.4 Å². The molecule has 0 radical (unpaired) electrons. The number of nitrogens with one attached hydrogen (secondary N) is 1. The molecule has 1 rings (SSSR count). The summed E-state index contributed by atoms with van der Waals surface area (Å²) in [5.41, 5.74) is 0. The third-order valence-electron chi connectivity index (χ3n) is 2.90. The molecule has 0 aromatic heterocycles. The predicted octanol–water partition coefficient (Wildman–Crippen LogP) is 1.81. The number of rotatable bonds is 7. The van der Waals surface area contributed by atoms with Gasteiger partial charge >= 0.3 is 0 Å². The fraction of sp³-hybridized carbons (Fsp3) is 1.00. The number of thioether (sulfide) groups is 1. The van der Waals surface area contributed by atoms with Crippen molar-refractivity contribution in [3.8, 4) is 0 Å². The third kappa shape index (κ3) is 4.67. The number of hydrogen-bond acceptors (Lipinski definition) is 3. The summed E-state index contributed by atoms with van der Waals surface area (Å²) in [6.45, 7) is 5.90. The van der Waals surface area contributed by atoms with Crippen molar-refractivity contribution in [3.63, 3.8) is 0 Å². The van der Waals surface area contributed by atoms with Gasteiger partial charge in [-0.3, -0.25) is 0 Å². The fourth-order valence-electron chi connectivity index (χ4n) is 1.95. The SMILES string of the molecule is CCSCCCNCC1CCCN1C. The molecule has 14 heavy (non-hydrogen) atoms. The highest BCUT2D eigenvalue weighted by molar-refractivity contribution is 7.99. The van der Waals surface area contributed by atoms with E-state index in [1.54, 1.807) is 0 Å². The molecule has 0 spiro atoms. The lowest BCUT2D eigenvalue weighted by molar-refractivity contribution is 0.301. The summed E-state index contributed by atoms with van der Waals surface area (Å²) in [7, 11) is 2.24. The first-order valence-electron chi connectivity index (χ1n) is 5.83. The Balaban J connectivity index is 1.88. The van der Waals surface area contributed by atoms with Gasteiger partial charge < -0.3 is 10.2 Å². The molecule has 1 saturated heterocycles. The smallest absolute Gasteiger partial charge is 0.0218 e. The fourth-order valence-corrected chi connectivity index (χ4v) is 2.59. The Morgan fingerprint density at radius 3 is 3.00 bits per heavy atom. The maximum absolute atomic E-state index is 3.56. The second-order valence-corrected chi connectivity index (χ2v) is 5.43. The van der Waals surface area contributed by atoms with Crippen LogP contribution < -0.4 is 5.32 Å². The van der Waals surface area contributed by atoms with E-state index in [0.29, 0.717) is 0 Å². The van der Waals surface area contributed by atoms with Crippen LogP contribution in [-0.2, 0) is 0 Å². The molecular weight excluding hydrogens is 192 g/mol. The van der Waals surface area contributed by atoms with E-state index in [1.807, 2.05) is 11.8 Å². The average Bonchev–Trinajstić information content (AvgIpc) is 2.58. The zero-order valence-electron chi connectivity index (χ0n) is 9.59. The van der Waals surface area contributed by atoms with Gasteiger partial charge in [0.2, 0.25) is 0 Å². The molecule has 1 N–H and O–H groups in total. The van der Waals surface area contributed by atoms with E-state index in [0.717, 1.165) is 6.04 Å². The van der Waals surface area contributed by atoms with Gasteiger partial charge in [-0.05, 0) is 50.9 Å². The monoisotopic (exact) mass is 216 g/mol. The highest BCUT2D eigenvalue weighted by atomic mass is 32.2. The second kappa shape index (κ2) is 7.55. The Bertz CT molecular complexity index is 141. The molecule has 84 valence electrons. The quantitative estimate of drug-likeness (QED) is 0.654. The number of likely N-dealkylation sites (tertiary alicyclic amines) is 1. The van der Waals surface area contributed by atoms with E-state index in [-0.39, 0.29) is 0 Å². The number of nitrogens with zero attached hydrogens (tertiary/aromatic N) is 1. The minimum Gasteiger partial charge on any atom is -0.315 e. The lowest BCUT2D eigenvalue weighted by Gasteiger charge is -2.19. The van der Waals surface area contributed by atoms with Crippen molar-refractivity contribution in [3.05, 3.63) is 0 Å². The highest BCUT2D eigenvalue weighted by Gasteiger charge is 2.19. The van der Waals surface area contributed by atoms with Gasteiger partial charge in [-0.1, -0.05) is 6.92 Å². The maximum atomic E-state index is 3.56. The minimum atomic E-state index is 0.800. The molecule has 2 nitrogen and oxygen atoms in total. The van der Waals surface area contributed by atoms with Gasteiger partial charge in [0.25, 0.3) is 0 Å². The summed E-state index contributed by atoms with van der Waals surface area (Å²) in [4.78, 5) is 2.48. The molecule has 0 saturated carbocycles. The predicted molar refractivity (Wildman–Crippen MR) is 66.1 cm³/mol. The summed E-state index contributed by atoms with van der Waals surface area (Å²) in [6.07, 6.45) is 4.08. The Morgan fingerprint density at radius 1 is 1.50 bits per heavy atom. The first-order chi connectivity index (χ1) is 6.84. The van der Waals surface area contributed by atoms with Crippen molar-refractivity contribution in [1.82, 2.24) is 10.2 Å². The van der Waals surface area contributed by atoms with Crippen LogP contribution in [0.1, 0.15) is 26.2 Å². The molecule has 1 aliphatic heterocycles. The Hall–Kier alpha value is 0.270. The Morgan fingerprint density at radius 2 is 2.36 bits per heavy atom. The van der Waals surface area contributed by atoms with Crippen molar-refractivity contribution in [1.29, 1.82) is 0 Å². The maximum Gasteiger partial charge on any atom is 0.0218 e. The molecule has 1 atom stereocenters. The molecule has 1 aliphatic rings. The van der Waals surface area contributed by atoms with Crippen LogP contribution in [0.25, 0.3) is 0 Å². The van der Waals surface area contributed by atoms with Crippen LogP contribution in [0.3, 0.4) is 0 Å². The van der Waals surface area contributed by atoms with Gasteiger partial charge in [0.1, 0.15) is 0 Å². The van der Waals surface area contributed by atoms with Crippen LogP contribution in [0.4, 0.5) is 0 Å². The third-order valence-corrected chi connectivity index (χ3v) is 3.88. The lowest BCUT2D eigenvalue weighted by atomic mass is 10.2. The van der Waals surface area contributed by atoms with Gasteiger partial charge in [0.15, 0.2) is 0 Å². The summed E-state index contributed by atoms with van der Waals surface area (Å²) in [6, 6.07) is 0.800. The molecule has 0 amide bonds. The summed E-state index contributed by atoms with van der Waals surface area (Å²) < 4.78 is 0. The topological polar surface area (TPSA) is 15.3 Å². The zero-order valence-corrected chi connectivity index (χ0v) is 10.4. The zero-order chi connectivity index (χ0) is 10.2. The van der Waals surface area contributed by atoms with Crippen molar-refractivity contribution < 1.29 is 0 Å². The van der Waals surface area contributed by atoms with Crippen molar-refractivity contribution in [2.24, 2.45) is 0 Å². The largest absolute Gasteiger partial charge is 0.315 e. The van der Waals surface area contributed by atoms with Gasteiger partial charge in [0, 0.05) is 12.6 Å². The normalized spacial score (nSPS) is 23.1. The van der Waals surface area contributed by atoms with Gasteiger partial charge in [-0.25, -0.2) is 0 Å². The molecule has 0 aromatic rings. The second-order valence-electron chi connectivity index (χ2n) is 4.03. The van der Waals surface area contributed by atoms with Crippen molar-refractivity contribution in [2.75, 3.05) is 38.2 Å². The van der Waals surface area contributed by atoms with Crippen LogP contribution in [0, 0.1) is 0 Å². The van der Waals surface area contributed by atoms with Crippen LogP contribution in [0.15, 0.2) is 0 Å². The van der Waals surface area contributed by atoms with Crippen LogP contribution >= 0.6 is 11.8 Å². The average molecular weight is 216 g/mol. The van der Waals surface area contributed by atoms with Gasteiger partial charge in [0.05, 0.1) is 0 Å². The molecule has 0 bridgehead atoms. The molecular formula is C11H24N2S. The first kappa shape index (κ1) is 12.3. The van der Waals surface area contributed by atoms with Gasteiger partial charge in [-0.2, -0.15) is 11.8 Å². The van der Waals surface area contributed by atoms with Crippen molar-refractivity contribution in [2.45, 2.75) is 32.2 Å². The van der Waals surface area contributed by atoms with E-state index in [9.17, 15) is 0 Å². The van der Waals surface area contributed by atoms with Crippen LogP contribution in [-0.4, -0.2) is 49.1 Å². The standard InChI is InChI=1S/C11H24N2S/c1-3-14-9-5-7-12-10-11-6-4-8-13(11)2/h11-12H,3-10H2,1-2H3. The van der Waals surface area contributed by atoms with Crippen LogP contribution in [0.5, 0.6) is 0 Å². The Kier molecular flexibility index (Phi) is 6.65. The van der Waals surface area contributed by atoms with E-state index in [4.69, 9.17) is 0 Å². The van der Waals surface area contributed by atoms with Crippen LogP contribution in [0.2, 0.25) is 0 Å². The summed E-state index contributed by atoms with van der Waals surface area (Å²) >= 11 is 2.04. The summed E-state index contributed by atoms with van der Waals surface area (Å²) in [5, 5.41) is 3.56. The highest BCUT2D eigenvalue weighted by Crippen LogP contribution is 2.13. The molecule has 1 fully saturated rings. The van der Waals surface area contributed by atoms with E-state index < -0.39 is 0 Å². The van der Waals surface area contributed by atoms with E-state index in [2.05, 4.69) is 24.2 Å². The van der Waals surface area contributed by atoms with Gasteiger partial charge in [-0.15, -0.1) is 0 Å². The number of hydrogen-bond donors (Lipinski definition) is 1. The molecule has 1 heterocycles. The molecule has 0 aromatic carbocycles. The number of likely N-dealkylation sites (N-methyl/N-ethyl adjacent to an activating group) is 1. The van der Waals surface area contributed by atoms with E-state index >= 15 is 0 Å². The minimum absolute atomic E-state index is 0.800. The lowest BCUT2D eigenvalue weighted by Crippen LogP contribution is -2.35. The molecule has 3 heteroatoms. The molecule has 0 aliphatic carbocycles. The summed E-state index contributed by atoms with van der Waals surface area (Å²) in [5.74, 6) is 2.56. The first-order valence-corrected chi connectivity index (χ1v) is 6.98. The van der Waals surface area contributed by atoms with Crippen molar-refractivity contribution >= 4 is 11.8 Å².